The van der Waals surface area contributed by atoms with Crippen LogP contribution in [0, 0.1) is 0 Å². The van der Waals surface area contributed by atoms with E-state index in [4.69, 9.17) is 4.74 Å². The molecule has 0 aliphatic heterocycles. The van der Waals surface area contributed by atoms with Gasteiger partial charge in [-0.2, -0.15) is 0 Å². The Labute approximate surface area is 121 Å². The Balaban J connectivity index is 1.97. The average molecular weight is 279 g/mol. The number of fused-ring (bicyclic) bond motifs is 1. The molecule has 1 unspecified atom stereocenters. The molecule has 1 heterocycles. The minimum Gasteiger partial charge on any atom is -0.478 e. The number of hydrogen-bond acceptors (Lipinski definition) is 3. The van der Waals surface area contributed by atoms with Crippen LogP contribution >= 0.6 is 0 Å². The van der Waals surface area contributed by atoms with Crippen molar-refractivity contribution in [3.8, 4) is 5.75 Å². The maximum absolute atomic E-state index is 11.5. The highest BCUT2D eigenvalue weighted by Gasteiger charge is 2.23. The average Bonchev–Trinajstić information content (AvgIpc) is 2.53. The summed E-state index contributed by atoms with van der Waals surface area (Å²) in [4.78, 5) is 15.9. The summed E-state index contributed by atoms with van der Waals surface area (Å²) in [6.45, 7) is 0. The lowest BCUT2D eigenvalue weighted by molar-refractivity contribution is -0.145. The lowest BCUT2D eigenvalue weighted by Crippen LogP contribution is -2.19. The Morgan fingerprint density at radius 3 is 2.43 bits per heavy atom. The molecule has 2 aromatic carbocycles. The fraction of sp³-hybridized carbons (Fsp3) is 0.0588. The molecule has 21 heavy (non-hydrogen) atoms. The van der Waals surface area contributed by atoms with Gasteiger partial charge in [0.1, 0.15) is 5.75 Å². The normalized spacial score (nSPS) is 12.0. The van der Waals surface area contributed by atoms with Crippen molar-refractivity contribution in [1.82, 2.24) is 4.98 Å². The van der Waals surface area contributed by atoms with Gasteiger partial charge in [-0.05, 0) is 24.3 Å². The number of nitrogens with zero attached hydrogens (tertiary/aromatic N) is 1. The third kappa shape index (κ3) is 2.84. The first-order valence-corrected chi connectivity index (χ1v) is 6.54. The molecule has 0 bridgehead atoms. The molecule has 0 aliphatic rings. The molecule has 0 saturated carbocycles. The second-order valence-electron chi connectivity index (χ2n) is 4.58. The Morgan fingerprint density at radius 2 is 1.67 bits per heavy atom. The van der Waals surface area contributed by atoms with Crippen molar-refractivity contribution < 1.29 is 14.6 Å². The zero-order valence-corrected chi connectivity index (χ0v) is 11.1. The summed E-state index contributed by atoms with van der Waals surface area (Å²) in [5.41, 5.74) is 1.13. The van der Waals surface area contributed by atoms with Gasteiger partial charge in [-0.1, -0.05) is 42.5 Å². The molecule has 4 nitrogen and oxygen atoms in total. The van der Waals surface area contributed by atoms with Gasteiger partial charge in [-0.3, -0.25) is 0 Å². The van der Waals surface area contributed by atoms with Gasteiger partial charge in [-0.25, -0.2) is 9.78 Å². The minimum absolute atomic E-state index is 0.380. The number of ether oxygens (including phenoxy) is 1. The number of benzene rings is 2. The van der Waals surface area contributed by atoms with E-state index in [-0.39, 0.29) is 0 Å². The summed E-state index contributed by atoms with van der Waals surface area (Å²) in [5, 5.41) is 10.4. The summed E-state index contributed by atoms with van der Waals surface area (Å²) >= 11 is 0. The maximum atomic E-state index is 11.5. The van der Waals surface area contributed by atoms with Crippen LogP contribution in [0.25, 0.3) is 10.9 Å². The second-order valence-corrected chi connectivity index (χ2v) is 4.58. The van der Waals surface area contributed by atoms with Crippen molar-refractivity contribution in [2.75, 3.05) is 0 Å². The largest absolute Gasteiger partial charge is 0.478 e. The van der Waals surface area contributed by atoms with Gasteiger partial charge >= 0.3 is 5.97 Å². The van der Waals surface area contributed by atoms with E-state index >= 15 is 0 Å². The summed E-state index contributed by atoms with van der Waals surface area (Å²) in [7, 11) is 0. The van der Waals surface area contributed by atoms with Crippen molar-refractivity contribution in [2.45, 2.75) is 6.10 Å². The molecule has 3 rings (SSSR count). The topological polar surface area (TPSA) is 59.4 Å². The molecule has 0 radical (unpaired) electrons. The van der Waals surface area contributed by atoms with Crippen LogP contribution in [0.15, 0.2) is 66.7 Å². The number of carboxylic acid groups (broad SMARTS) is 1. The SMILES string of the molecule is O=C(O)C(Oc1ccccc1)c1ccc2ccccc2n1. The fourth-order valence-electron chi connectivity index (χ4n) is 2.10. The molecule has 104 valence electrons. The molecule has 1 N–H and O–H groups in total. The number of carbonyl (C=O) groups is 1. The quantitative estimate of drug-likeness (QED) is 0.794. The van der Waals surface area contributed by atoms with E-state index in [1.807, 2.05) is 36.4 Å². The van der Waals surface area contributed by atoms with Crippen LogP contribution in [0.2, 0.25) is 0 Å². The molecule has 3 aromatic rings. The Bertz CT molecular complexity index is 771. The zero-order chi connectivity index (χ0) is 14.7. The smallest absolute Gasteiger partial charge is 0.351 e. The van der Waals surface area contributed by atoms with E-state index in [2.05, 4.69) is 4.98 Å². The van der Waals surface area contributed by atoms with Crippen LogP contribution < -0.4 is 4.74 Å². The van der Waals surface area contributed by atoms with Crippen LogP contribution in [0.4, 0.5) is 0 Å². The van der Waals surface area contributed by atoms with Crippen LogP contribution in [0.5, 0.6) is 5.75 Å². The van der Waals surface area contributed by atoms with E-state index in [1.165, 1.54) is 0 Å². The highest BCUT2D eigenvalue weighted by atomic mass is 16.5. The number of para-hydroxylation sites is 2. The van der Waals surface area contributed by atoms with Crippen LogP contribution in [0.3, 0.4) is 0 Å². The number of rotatable bonds is 4. The van der Waals surface area contributed by atoms with Gasteiger partial charge < -0.3 is 9.84 Å². The molecule has 1 atom stereocenters. The molecule has 1 aromatic heterocycles. The first-order chi connectivity index (χ1) is 10.2. The predicted octanol–water partition coefficient (Wildman–Crippen LogP) is 3.44. The van der Waals surface area contributed by atoms with Gasteiger partial charge in [0.25, 0.3) is 0 Å². The van der Waals surface area contributed by atoms with E-state index < -0.39 is 12.1 Å². The van der Waals surface area contributed by atoms with Crippen LogP contribution in [0.1, 0.15) is 11.8 Å². The summed E-state index contributed by atoms with van der Waals surface area (Å²) in [6.07, 6.45) is -1.13. The molecule has 0 saturated heterocycles. The van der Waals surface area contributed by atoms with E-state index in [0.717, 1.165) is 10.9 Å². The Kier molecular flexibility index (Phi) is 3.51. The molecule has 0 amide bonds. The predicted molar refractivity (Wildman–Crippen MR) is 79.2 cm³/mol. The fourth-order valence-corrected chi connectivity index (χ4v) is 2.10. The highest BCUT2D eigenvalue weighted by molar-refractivity contribution is 5.80. The van der Waals surface area contributed by atoms with Crippen molar-refractivity contribution in [1.29, 1.82) is 0 Å². The maximum Gasteiger partial charge on any atom is 0.351 e. The summed E-state index contributed by atoms with van der Waals surface area (Å²) < 4.78 is 5.55. The summed E-state index contributed by atoms with van der Waals surface area (Å²) in [5.74, 6) is -0.568. The second kappa shape index (κ2) is 5.63. The molecular weight excluding hydrogens is 266 g/mol. The number of pyridine rings is 1. The van der Waals surface area contributed by atoms with E-state index in [9.17, 15) is 9.90 Å². The van der Waals surface area contributed by atoms with Crippen LogP contribution in [-0.2, 0) is 4.79 Å². The van der Waals surface area contributed by atoms with Gasteiger partial charge in [0.2, 0.25) is 6.10 Å². The Morgan fingerprint density at radius 1 is 0.952 bits per heavy atom. The van der Waals surface area contributed by atoms with E-state index in [1.54, 1.807) is 30.3 Å². The molecule has 0 fully saturated rings. The third-order valence-electron chi connectivity index (χ3n) is 3.11. The summed E-state index contributed by atoms with van der Waals surface area (Å²) in [6, 6.07) is 20.0. The van der Waals surface area contributed by atoms with Gasteiger partial charge in [-0.15, -0.1) is 0 Å². The van der Waals surface area contributed by atoms with Gasteiger partial charge in [0, 0.05) is 5.39 Å². The van der Waals surface area contributed by atoms with E-state index in [0.29, 0.717) is 11.4 Å². The number of carboxylic acids is 1. The van der Waals surface area contributed by atoms with Crippen molar-refractivity contribution in [2.24, 2.45) is 0 Å². The van der Waals surface area contributed by atoms with Crippen LogP contribution in [-0.4, -0.2) is 16.1 Å². The Hall–Kier alpha value is -2.88. The minimum atomic E-state index is -1.13. The number of hydrogen-bond donors (Lipinski definition) is 1. The molecular formula is C17H13NO3. The lowest BCUT2D eigenvalue weighted by Gasteiger charge is -2.15. The van der Waals surface area contributed by atoms with Crippen molar-refractivity contribution in [3.05, 3.63) is 72.4 Å². The van der Waals surface area contributed by atoms with Gasteiger partial charge in [0.05, 0.1) is 11.2 Å². The molecule has 4 heteroatoms. The third-order valence-corrected chi connectivity index (χ3v) is 3.11. The van der Waals surface area contributed by atoms with Crippen molar-refractivity contribution >= 4 is 16.9 Å². The number of aromatic nitrogens is 1. The van der Waals surface area contributed by atoms with Gasteiger partial charge in [0.15, 0.2) is 0 Å². The zero-order valence-electron chi connectivity index (χ0n) is 11.1. The first-order valence-electron chi connectivity index (χ1n) is 6.54. The first kappa shape index (κ1) is 13.1. The monoisotopic (exact) mass is 279 g/mol. The van der Waals surface area contributed by atoms with Crippen molar-refractivity contribution in [3.63, 3.8) is 0 Å². The molecule has 0 aliphatic carbocycles. The standard InChI is InChI=1S/C17H13NO3/c19-17(20)16(21-13-7-2-1-3-8-13)15-11-10-12-6-4-5-9-14(12)18-15/h1-11,16H,(H,19,20). The molecule has 0 spiro atoms. The lowest BCUT2D eigenvalue weighted by atomic mass is 10.1. The number of aliphatic carboxylic acids is 1. The highest BCUT2D eigenvalue weighted by Crippen LogP contribution is 2.23.